The van der Waals surface area contributed by atoms with Crippen LogP contribution in [0.1, 0.15) is 12.8 Å². The molecule has 8 heteroatoms. The maximum atomic E-state index is 11.9. The van der Waals surface area contributed by atoms with E-state index in [-0.39, 0.29) is 17.9 Å². The number of nitrogens with zero attached hydrogens (tertiary/aromatic N) is 1. The molecule has 0 aromatic heterocycles. The zero-order chi connectivity index (χ0) is 13.8. The highest BCUT2D eigenvalue weighted by molar-refractivity contribution is 7.54. The Morgan fingerprint density at radius 2 is 1.78 bits per heavy atom. The van der Waals surface area contributed by atoms with Gasteiger partial charge >= 0.3 is 13.7 Å². The van der Waals surface area contributed by atoms with Gasteiger partial charge < -0.3 is 19.1 Å². The van der Waals surface area contributed by atoms with Crippen LogP contribution in [-0.2, 0) is 18.4 Å². The molecule has 1 N–H and O–H groups in total. The monoisotopic (exact) mass is 279 g/mol. The standard InChI is InChI=1S/C10H18NO6P/c1-16-18(15,17-2)7-9(12)8-3-5-11(6-4-8)10(13)14/h8H,3-7H2,1-2H3,(H,13,14). The SMILES string of the molecule is COP(=O)(CC(=O)C1CCN(C(=O)O)CC1)OC. The van der Waals surface area contributed by atoms with Crippen molar-refractivity contribution in [2.75, 3.05) is 33.5 Å². The summed E-state index contributed by atoms with van der Waals surface area (Å²) in [4.78, 5) is 23.9. The molecule has 0 radical (unpaired) electrons. The van der Waals surface area contributed by atoms with Gasteiger partial charge in [-0.05, 0) is 12.8 Å². The molecule has 7 nitrogen and oxygen atoms in total. The minimum Gasteiger partial charge on any atom is -0.465 e. The Bertz CT molecular complexity index is 355. The molecule has 0 bridgehead atoms. The van der Waals surface area contributed by atoms with Crippen molar-refractivity contribution in [2.24, 2.45) is 5.92 Å². The van der Waals surface area contributed by atoms with E-state index in [4.69, 9.17) is 14.2 Å². The van der Waals surface area contributed by atoms with Gasteiger partial charge in [-0.2, -0.15) is 0 Å². The van der Waals surface area contributed by atoms with Crippen molar-refractivity contribution in [3.63, 3.8) is 0 Å². The first kappa shape index (κ1) is 15.1. The normalized spacial score (nSPS) is 17.8. The third kappa shape index (κ3) is 3.80. The summed E-state index contributed by atoms with van der Waals surface area (Å²) in [6.07, 6.45) is -0.310. The lowest BCUT2D eigenvalue weighted by atomic mass is 9.93. The second-order valence-electron chi connectivity index (χ2n) is 4.14. The van der Waals surface area contributed by atoms with Crippen LogP contribution >= 0.6 is 7.60 Å². The fourth-order valence-corrected chi connectivity index (χ4v) is 2.96. The van der Waals surface area contributed by atoms with Crippen LogP contribution in [0.25, 0.3) is 0 Å². The molecular weight excluding hydrogens is 261 g/mol. The van der Waals surface area contributed by atoms with E-state index in [2.05, 4.69) is 0 Å². The molecule has 0 saturated carbocycles. The Morgan fingerprint density at radius 1 is 1.28 bits per heavy atom. The highest BCUT2D eigenvalue weighted by Gasteiger charge is 2.32. The van der Waals surface area contributed by atoms with Crippen LogP contribution in [0, 0.1) is 5.92 Å². The smallest absolute Gasteiger partial charge is 0.407 e. The van der Waals surface area contributed by atoms with Crippen LogP contribution in [0.15, 0.2) is 0 Å². The Kier molecular flexibility index (Phi) is 5.31. The molecule has 18 heavy (non-hydrogen) atoms. The molecule has 0 aliphatic carbocycles. The molecule has 1 rings (SSSR count). The molecule has 1 amide bonds. The number of carbonyl (C=O) groups excluding carboxylic acids is 1. The molecule has 1 fully saturated rings. The molecule has 1 heterocycles. The Hall–Kier alpha value is -0.910. The van der Waals surface area contributed by atoms with Gasteiger partial charge in [0.05, 0.1) is 0 Å². The molecule has 0 unspecified atom stereocenters. The van der Waals surface area contributed by atoms with Crippen LogP contribution in [0.4, 0.5) is 4.79 Å². The van der Waals surface area contributed by atoms with Gasteiger partial charge in [0.25, 0.3) is 0 Å². The van der Waals surface area contributed by atoms with Crippen molar-refractivity contribution >= 4 is 19.5 Å². The number of amides is 1. The summed E-state index contributed by atoms with van der Waals surface area (Å²) in [6, 6.07) is 0. The van der Waals surface area contributed by atoms with E-state index in [0.29, 0.717) is 25.9 Å². The molecule has 1 saturated heterocycles. The van der Waals surface area contributed by atoms with E-state index in [0.717, 1.165) is 0 Å². The fourth-order valence-electron chi connectivity index (χ4n) is 1.92. The lowest BCUT2D eigenvalue weighted by Gasteiger charge is -2.29. The number of ketones is 1. The zero-order valence-corrected chi connectivity index (χ0v) is 11.4. The van der Waals surface area contributed by atoms with Gasteiger partial charge in [-0.15, -0.1) is 0 Å². The molecule has 0 aromatic rings. The third-order valence-electron chi connectivity index (χ3n) is 3.13. The lowest BCUT2D eigenvalue weighted by Crippen LogP contribution is -2.40. The number of piperidine rings is 1. The van der Waals surface area contributed by atoms with Gasteiger partial charge in [0.2, 0.25) is 0 Å². The quantitative estimate of drug-likeness (QED) is 0.765. The molecule has 0 aromatic carbocycles. The van der Waals surface area contributed by atoms with Crippen LogP contribution in [0.2, 0.25) is 0 Å². The Labute approximate surface area is 106 Å². The fraction of sp³-hybridized carbons (Fsp3) is 0.800. The van der Waals surface area contributed by atoms with Crippen molar-refractivity contribution < 1.29 is 28.3 Å². The molecule has 104 valence electrons. The highest BCUT2D eigenvalue weighted by Crippen LogP contribution is 2.46. The first-order valence-electron chi connectivity index (χ1n) is 5.63. The minimum atomic E-state index is -3.32. The minimum absolute atomic E-state index is 0.188. The maximum absolute atomic E-state index is 11.9. The summed E-state index contributed by atoms with van der Waals surface area (Å²) in [5, 5.41) is 8.78. The second-order valence-corrected chi connectivity index (χ2v) is 6.41. The number of hydrogen-bond acceptors (Lipinski definition) is 5. The Morgan fingerprint density at radius 3 is 2.17 bits per heavy atom. The van der Waals surface area contributed by atoms with Crippen molar-refractivity contribution in [3.8, 4) is 0 Å². The van der Waals surface area contributed by atoms with E-state index in [1.807, 2.05) is 0 Å². The zero-order valence-electron chi connectivity index (χ0n) is 10.5. The third-order valence-corrected chi connectivity index (χ3v) is 4.94. The largest absolute Gasteiger partial charge is 0.465 e. The van der Waals surface area contributed by atoms with Gasteiger partial charge in [-0.25, -0.2) is 4.79 Å². The number of likely N-dealkylation sites (tertiary alicyclic amines) is 1. The maximum Gasteiger partial charge on any atom is 0.407 e. The predicted molar refractivity (Wildman–Crippen MR) is 63.8 cm³/mol. The van der Waals surface area contributed by atoms with E-state index in [1.54, 1.807) is 0 Å². The van der Waals surface area contributed by atoms with E-state index < -0.39 is 13.7 Å². The first-order chi connectivity index (χ1) is 8.41. The molecule has 0 atom stereocenters. The molecular formula is C10H18NO6P. The predicted octanol–water partition coefficient (Wildman–Crippen LogP) is 1.43. The summed E-state index contributed by atoms with van der Waals surface area (Å²) in [7, 11) is -0.836. The summed E-state index contributed by atoms with van der Waals surface area (Å²) < 4.78 is 21.2. The molecule has 0 spiro atoms. The summed E-state index contributed by atoms with van der Waals surface area (Å²) in [6.45, 7) is 0.659. The van der Waals surface area contributed by atoms with E-state index in [1.165, 1.54) is 19.1 Å². The van der Waals surface area contributed by atoms with E-state index >= 15 is 0 Å². The summed E-state index contributed by atoms with van der Waals surface area (Å²) >= 11 is 0. The lowest BCUT2D eigenvalue weighted by molar-refractivity contribution is -0.121. The van der Waals surface area contributed by atoms with Crippen molar-refractivity contribution in [1.29, 1.82) is 0 Å². The average molecular weight is 279 g/mol. The topological polar surface area (TPSA) is 93.1 Å². The number of rotatable bonds is 5. The molecule has 1 aliphatic heterocycles. The summed E-state index contributed by atoms with van der Waals surface area (Å²) in [5.74, 6) is -0.453. The number of carboxylic acid groups (broad SMARTS) is 1. The Balaban J connectivity index is 2.50. The van der Waals surface area contributed by atoms with Gasteiger partial charge in [0.15, 0.2) is 0 Å². The number of Topliss-reactive ketones (excluding diaryl/α,β-unsaturated/α-hetero) is 1. The average Bonchev–Trinajstić information content (AvgIpc) is 2.38. The number of carbonyl (C=O) groups is 2. The van der Waals surface area contributed by atoms with Crippen molar-refractivity contribution in [1.82, 2.24) is 4.90 Å². The van der Waals surface area contributed by atoms with Crippen molar-refractivity contribution in [2.45, 2.75) is 12.8 Å². The van der Waals surface area contributed by atoms with Crippen LogP contribution in [0.5, 0.6) is 0 Å². The summed E-state index contributed by atoms with van der Waals surface area (Å²) in [5.41, 5.74) is 0. The molecule has 1 aliphatic rings. The van der Waals surface area contributed by atoms with Crippen LogP contribution in [-0.4, -0.2) is 55.4 Å². The van der Waals surface area contributed by atoms with Gasteiger partial charge in [0.1, 0.15) is 11.9 Å². The van der Waals surface area contributed by atoms with Crippen molar-refractivity contribution in [3.05, 3.63) is 0 Å². The number of hydrogen-bond donors (Lipinski definition) is 1. The highest BCUT2D eigenvalue weighted by atomic mass is 31.2. The van der Waals surface area contributed by atoms with Gasteiger partial charge in [-0.3, -0.25) is 9.36 Å². The van der Waals surface area contributed by atoms with Gasteiger partial charge in [-0.1, -0.05) is 0 Å². The van der Waals surface area contributed by atoms with Crippen LogP contribution < -0.4 is 0 Å². The second kappa shape index (κ2) is 6.31. The van der Waals surface area contributed by atoms with E-state index in [9.17, 15) is 14.2 Å². The van der Waals surface area contributed by atoms with Crippen LogP contribution in [0.3, 0.4) is 0 Å². The van der Waals surface area contributed by atoms with Gasteiger partial charge in [0, 0.05) is 33.2 Å². The first-order valence-corrected chi connectivity index (χ1v) is 7.35.